The first-order valence-electron chi connectivity index (χ1n) is 19.9. The van der Waals surface area contributed by atoms with Gasteiger partial charge in [0.25, 0.3) is 0 Å². The molecule has 0 amide bonds. The third-order valence-corrected chi connectivity index (χ3v) is 11.8. The van der Waals surface area contributed by atoms with Crippen LogP contribution in [0.25, 0.3) is 100 Å². The van der Waals surface area contributed by atoms with Crippen molar-refractivity contribution < 1.29 is 0 Å². The topological polar surface area (TPSA) is 48.5 Å². The second kappa shape index (κ2) is 13.0. The molecule has 0 fully saturated rings. The minimum absolute atomic E-state index is 0.637. The van der Waals surface area contributed by atoms with E-state index in [1.165, 1.54) is 65.9 Å². The van der Waals surface area contributed by atoms with Crippen molar-refractivity contribution in [3.63, 3.8) is 0 Å². The molecule has 1 aliphatic rings. The summed E-state index contributed by atoms with van der Waals surface area (Å²) in [7, 11) is 0. The summed E-state index contributed by atoms with van der Waals surface area (Å²) in [5, 5.41) is 5.21. The molecule has 1 aliphatic carbocycles. The van der Waals surface area contributed by atoms with Crippen molar-refractivity contribution in [2.24, 2.45) is 0 Å². The van der Waals surface area contributed by atoms with E-state index in [2.05, 4.69) is 161 Å². The number of para-hydroxylation sites is 1. The third kappa shape index (κ3) is 5.07. The number of rotatable bonds is 6. The first kappa shape index (κ1) is 32.6. The van der Waals surface area contributed by atoms with E-state index in [1.807, 2.05) is 36.4 Å². The molecule has 8 aromatic carbocycles. The highest BCUT2D eigenvalue weighted by molar-refractivity contribution is 6.26. The molecule has 0 bridgehead atoms. The maximum absolute atomic E-state index is 5.11. The molecule has 11 aromatic rings. The van der Waals surface area contributed by atoms with Gasteiger partial charge in [-0.15, -0.1) is 0 Å². The first-order chi connectivity index (χ1) is 28.8. The fourth-order valence-electron chi connectivity index (χ4n) is 9.23. The van der Waals surface area contributed by atoms with E-state index in [4.69, 9.17) is 15.0 Å². The van der Waals surface area contributed by atoms with Crippen LogP contribution in [0.2, 0.25) is 0 Å². The average molecular weight is 742 g/mol. The Morgan fingerprint density at radius 2 is 0.828 bits per heavy atom. The van der Waals surface area contributed by atoms with Gasteiger partial charge in [0.1, 0.15) is 0 Å². The van der Waals surface area contributed by atoms with Gasteiger partial charge in [-0.3, -0.25) is 0 Å². The molecule has 0 spiro atoms. The van der Waals surface area contributed by atoms with Crippen molar-refractivity contribution in [3.05, 3.63) is 199 Å². The highest BCUT2D eigenvalue weighted by Crippen LogP contribution is 2.46. The molecule has 0 saturated carbocycles. The van der Waals surface area contributed by atoms with E-state index in [0.717, 1.165) is 40.9 Å². The Morgan fingerprint density at radius 3 is 1.52 bits per heavy atom. The normalized spacial score (nSPS) is 12.3. The molecular weight excluding hydrogens is 707 g/mol. The lowest BCUT2D eigenvalue weighted by Crippen LogP contribution is -2.02. The van der Waals surface area contributed by atoms with E-state index in [1.54, 1.807) is 0 Å². The molecule has 5 heteroatoms. The molecule has 0 radical (unpaired) electrons. The summed E-state index contributed by atoms with van der Waals surface area (Å²) >= 11 is 0. The lowest BCUT2D eigenvalue weighted by atomic mass is 9.90. The monoisotopic (exact) mass is 741 g/mol. The van der Waals surface area contributed by atoms with Crippen LogP contribution in [0.1, 0.15) is 11.1 Å². The zero-order valence-corrected chi connectivity index (χ0v) is 31.5. The number of benzene rings is 8. The molecule has 0 unspecified atom stereocenters. The number of nitrogens with zero attached hydrogens (tertiary/aromatic N) is 5. The van der Waals surface area contributed by atoms with Crippen molar-refractivity contribution in [1.82, 2.24) is 24.1 Å². The van der Waals surface area contributed by atoms with Gasteiger partial charge in [-0.1, -0.05) is 146 Å². The van der Waals surface area contributed by atoms with Gasteiger partial charge in [-0.2, -0.15) is 0 Å². The van der Waals surface area contributed by atoms with Gasteiger partial charge in [-0.05, 0) is 77.6 Å². The van der Waals surface area contributed by atoms with E-state index in [-0.39, 0.29) is 0 Å². The van der Waals surface area contributed by atoms with Crippen LogP contribution in [0.4, 0.5) is 0 Å². The molecular formula is C53H35N5. The molecule has 272 valence electrons. The summed E-state index contributed by atoms with van der Waals surface area (Å²) in [5.41, 5.74) is 15.0. The van der Waals surface area contributed by atoms with Gasteiger partial charge < -0.3 is 9.13 Å². The standard InChI is InChI=1S/C53H35N5/c1-4-15-34(16-5-1)38-22-12-24-41(31-38)57-45-27-11-10-26-43(45)44-33-39-30-29-35-21-14-28-46-47(35)48(39)50(49(44)57)58(46)42-25-13-23-40(32-42)53-55-51(36-17-6-2-7-18-36)54-52(56-53)37-19-8-3-9-20-37/h1-28,31-33H,29-30H2. The van der Waals surface area contributed by atoms with E-state index in [9.17, 15) is 0 Å². The summed E-state index contributed by atoms with van der Waals surface area (Å²) in [5.74, 6) is 1.93. The van der Waals surface area contributed by atoms with Crippen LogP contribution in [0, 0.1) is 0 Å². The Bertz CT molecular complexity index is 3320. The predicted octanol–water partition coefficient (Wildman–Crippen LogP) is 12.8. The Kier molecular flexibility index (Phi) is 7.29. The molecule has 0 saturated heterocycles. The first-order valence-corrected chi connectivity index (χ1v) is 19.9. The molecule has 5 nitrogen and oxygen atoms in total. The van der Waals surface area contributed by atoms with Gasteiger partial charge in [0.15, 0.2) is 17.5 Å². The third-order valence-electron chi connectivity index (χ3n) is 11.8. The highest BCUT2D eigenvalue weighted by atomic mass is 15.1. The molecule has 0 atom stereocenters. The highest BCUT2D eigenvalue weighted by Gasteiger charge is 2.27. The van der Waals surface area contributed by atoms with E-state index < -0.39 is 0 Å². The van der Waals surface area contributed by atoms with Crippen molar-refractivity contribution in [1.29, 1.82) is 0 Å². The fourth-order valence-corrected chi connectivity index (χ4v) is 9.23. The van der Waals surface area contributed by atoms with Crippen LogP contribution in [0.15, 0.2) is 188 Å². The fraction of sp³-hybridized carbons (Fsp3) is 0.0377. The summed E-state index contributed by atoms with van der Waals surface area (Å²) in [4.78, 5) is 15.2. The molecule has 0 N–H and O–H groups in total. The van der Waals surface area contributed by atoms with Gasteiger partial charge in [-0.25, -0.2) is 15.0 Å². The van der Waals surface area contributed by atoms with Crippen LogP contribution < -0.4 is 0 Å². The number of aryl methyl sites for hydroxylation is 2. The van der Waals surface area contributed by atoms with Crippen molar-refractivity contribution in [3.8, 4) is 56.7 Å². The van der Waals surface area contributed by atoms with Gasteiger partial charge >= 0.3 is 0 Å². The Labute approximate surface area is 335 Å². The van der Waals surface area contributed by atoms with E-state index in [0.29, 0.717) is 17.5 Å². The van der Waals surface area contributed by atoms with Crippen molar-refractivity contribution >= 4 is 43.6 Å². The summed E-state index contributed by atoms with van der Waals surface area (Å²) in [6.07, 6.45) is 2.02. The Balaban J connectivity index is 1.16. The lowest BCUT2D eigenvalue weighted by Gasteiger charge is -2.16. The second-order valence-corrected chi connectivity index (χ2v) is 15.2. The van der Waals surface area contributed by atoms with Gasteiger partial charge in [0, 0.05) is 49.6 Å². The molecule has 3 heterocycles. The largest absolute Gasteiger partial charge is 0.307 e. The average Bonchev–Trinajstić information content (AvgIpc) is 3.83. The van der Waals surface area contributed by atoms with Crippen LogP contribution in [-0.2, 0) is 12.8 Å². The quantitative estimate of drug-likeness (QED) is 0.170. The van der Waals surface area contributed by atoms with Gasteiger partial charge in [0.05, 0.1) is 22.1 Å². The van der Waals surface area contributed by atoms with Crippen LogP contribution >= 0.6 is 0 Å². The molecule has 3 aromatic heterocycles. The lowest BCUT2D eigenvalue weighted by molar-refractivity contribution is 0.971. The zero-order chi connectivity index (χ0) is 38.2. The van der Waals surface area contributed by atoms with Crippen molar-refractivity contribution in [2.75, 3.05) is 0 Å². The van der Waals surface area contributed by atoms with Crippen LogP contribution in [0.5, 0.6) is 0 Å². The Morgan fingerprint density at radius 1 is 0.328 bits per heavy atom. The van der Waals surface area contributed by atoms with Gasteiger partial charge in [0.2, 0.25) is 0 Å². The number of aromatic nitrogens is 5. The Hall–Kier alpha value is -7.63. The smallest absolute Gasteiger partial charge is 0.164 e. The van der Waals surface area contributed by atoms with Crippen LogP contribution in [0.3, 0.4) is 0 Å². The molecule has 0 aliphatic heterocycles. The summed E-state index contributed by atoms with van der Waals surface area (Å²) < 4.78 is 5.00. The minimum Gasteiger partial charge on any atom is -0.307 e. The van der Waals surface area contributed by atoms with Crippen LogP contribution in [-0.4, -0.2) is 24.1 Å². The number of hydrogen-bond donors (Lipinski definition) is 0. The minimum atomic E-state index is 0.637. The second-order valence-electron chi connectivity index (χ2n) is 15.2. The zero-order valence-electron chi connectivity index (χ0n) is 31.5. The molecule has 58 heavy (non-hydrogen) atoms. The maximum Gasteiger partial charge on any atom is 0.164 e. The maximum atomic E-state index is 5.11. The molecule has 12 rings (SSSR count). The number of fused-ring (bicyclic) bond motifs is 4. The SMILES string of the molecule is c1ccc(-c2cccc(-n3c4ccccc4c4cc5c6c7c(cccc7n(-c7cccc(-c8nc(-c9ccccc9)nc(-c9ccccc9)n8)c7)c6c43)CC5)c2)cc1. The van der Waals surface area contributed by atoms with E-state index >= 15 is 0 Å². The summed E-state index contributed by atoms with van der Waals surface area (Å²) in [6, 6.07) is 66.9. The van der Waals surface area contributed by atoms with Crippen molar-refractivity contribution in [2.45, 2.75) is 12.8 Å². The number of hydrogen-bond acceptors (Lipinski definition) is 3. The predicted molar refractivity (Wildman–Crippen MR) is 238 cm³/mol. The summed E-state index contributed by atoms with van der Waals surface area (Å²) in [6.45, 7) is 0.